The third-order valence-corrected chi connectivity index (χ3v) is 3.48. The highest BCUT2D eigenvalue weighted by Crippen LogP contribution is 2.15. The van der Waals surface area contributed by atoms with Crippen LogP contribution >= 0.6 is 0 Å². The van der Waals surface area contributed by atoms with Crippen molar-refractivity contribution in [1.29, 1.82) is 0 Å². The van der Waals surface area contributed by atoms with Crippen molar-refractivity contribution in [2.45, 2.75) is 26.5 Å². The Morgan fingerprint density at radius 1 is 1.29 bits per heavy atom. The number of hydrogen-bond donors (Lipinski definition) is 1. The lowest BCUT2D eigenvalue weighted by atomic mass is 10.2. The van der Waals surface area contributed by atoms with Gasteiger partial charge in [-0.3, -0.25) is 0 Å². The molecule has 1 atom stereocenters. The number of rotatable bonds is 7. The molecule has 1 unspecified atom stereocenters. The second kappa shape index (κ2) is 7.27. The molecule has 2 aromatic heterocycles. The third kappa shape index (κ3) is 3.80. The summed E-state index contributed by atoms with van der Waals surface area (Å²) in [5.74, 6) is 2.22. The van der Waals surface area contributed by atoms with Crippen molar-refractivity contribution < 1.29 is 9.47 Å². The molecule has 0 amide bonds. The zero-order valence-corrected chi connectivity index (χ0v) is 14.1. The minimum absolute atomic E-state index is 0.0794. The average Bonchev–Trinajstić information content (AvgIpc) is 3.02. The Labute approximate surface area is 140 Å². The Balaban J connectivity index is 1.70. The topological polar surface area (TPSA) is 73.6 Å². The van der Waals surface area contributed by atoms with Gasteiger partial charge in [-0.25, -0.2) is 4.98 Å². The van der Waals surface area contributed by atoms with Gasteiger partial charge in [-0.05, 0) is 31.5 Å². The van der Waals surface area contributed by atoms with Crippen LogP contribution in [0.3, 0.4) is 0 Å². The van der Waals surface area contributed by atoms with Crippen molar-refractivity contribution in [2.75, 3.05) is 19.0 Å². The highest BCUT2D eigenvalue weighted by molar-refractivity contribution is 5.45. The molecule has 1 N–H and O–H groups in total. The lowest BCUT2D eigenvalue weighted by molar-refractivity contribution is 0.181. The summed E-state index contributed by atoms with van der Waals surface area (Å²) in [4.78, 5) is 8.54. The van der Waals surface area contributed by atoms with Gasteiger partial charge < -0.3 is 14.8 Å². The maximum Gasteiger partial charge on any atom is 0.254 e. The van der Waals surface area contributed by atoms with Crippen molar-refractivity contribution >= 4 is 11.6 Å². The number of hydrogen-bond acceptors (Lipinski definition) is 6. The second-order valence-electron chi connectivity index (χ2n) is 5.71. The van der Waals surface area contributed by atoms with E-state index in [1.807, 2.05) is 37.3 Å². The molecule has 3 rings (SSSR count). The Morgan fingerprint density at radius 2 is 2.17 bits per heavy atom. The number of aryl methyl sites for hydroxylation is 1. The van der Waals surface area contributed by atoms with Gasteiger partial charge in [-0.1, -0.05) is 12.1 Å². The van der Waals surface area contributed by atoms with Crippen LogP contribution in [-0.4, -0.2) is 39.3 Å². The SMILES string of the molecule is COCc1cc(NC(C)COc2cccc(C)c2)n2ncnc2n1. The summed E-state index contributed by atoms with van der Waals surface area (Å²) in [6.45, 7) is 5.05. The maximum atomic E-state index is 5.84. The fourth-order valence-corrected chi connectivity index (χ4v) is 2.41. The second-order valence-corrected chi connectivity index (χ2v) is 5.71. The van der Waals surface area contributed by atoms with Crippen molar-refractivity contribution in [3.63, 3.8) is 0 Å². The zero-order chi connectivity index (χ0) is 16.9. The van der Waals surface area contributed by atoms with Crippen molar-refractivity contribution in [2.24, 2.45) is 0 Å². The molecule has 0 aliphatic heterocycles. The predicted molar refractivity (Wildman–Crippen MR) is 91.3 cm³/mol. The van der Waals surface area contributed by atoms with Gasteiger partial charge in [0.2, 0.25) is 0 Å². The van der Waals surface area contributed by atoms with E-state index in [9.17, 15) is 0 Å². The minimum Gasteiger partial charge on any atom is -0.491 e. The smallest absolute Gasteiger partial charge is 0.254 e. The minimum atomic E-state index is 0.0794. The van der Waals surface area contributed by atoms with Crippen LogP contribution in [0.1, 0.15) is 18.2 Å². The average molecular weight is 327 g/mol. The van der Waals surface area contributed by atoms with Gasteiger partial charge in [0.05, 0.1) is 18.3 Å². The van der Waals surface area contributed by atoms with Crippen LogP contribution in [0, 0.1) is 6.92 Å². The summed E-state index contributed by atoms with van der Waals surface area (Å²) in [6.07, 6.45) is 1.48. The van der Waals surface area contributed by atoms with Gasteiger partial charge >= 0.3 is 0 Å². The first-order valence-corrected chi connectivity index (χ1v) is 7.80. The molecule has 0 aliphatic rings. The van der Waals surface area contributed by atoms with E-state index in [1.54, 1.807) is 11.6 Å². The van der Waals surface area contributed by atoms with Crippen LogP contribution in [0.4, 0.5) is 5.82 Å². The summed E-state index contributed by atoms with van der Waals surface area (Å²) in [5.41, 5.74) is 1.98. The summed E-state index contributed by atoms with van der Waals surface area (Å²) < 4.78 is 12.7. The van der Waals surface area contributed by atoms with E-state index in [2.05, 4.69) is 27.3 Å². The molecule has 0 fully saturated rings. The molecule has 7 nitrogen and oxygen atoms in total. The van der Waals surface area contributed by atoms with E-state index < -0.39 is 0 Å². The van der Waals surface area contributed by atoms with Crippen molar-refractivity contribution in [3.8, 4) is 5.75 Å². The molecule has 0 saturated heterocycles. The van der Waals surface area contributed by atoms with E-state index in [-0.39, 0.29) is 6.04 Å². The molecule has 1 aromatic carbocycles. The summed E-state index contributed by atoms with van der Waals surface area (Å²) >= 11 is 0. The van der Waals surface area contributed by atoms with Crippen LogP contribution in [0.5, 0.6) is 5.75 Å². The molecule has 126 valence electrons. The fourth-order valence-electron chi connectivity index (χ4n) is 2.41. The van der Waals surface area contributed by atoms with E-state index in [1.165, 1.54) is 11.9 Å². The monoisotopic (exact) mass is 327 g/mol. The first-order chi connectivity index (χ1) is 11.7. The first kappa shape index (κ1) is 16.2. The fraction of sp³-hybridized carbons (Fsp3) is 0.353. The zero-order valence-electron chi connectivity index (χ0n) is 14.1. The molecular weight excluding hydrogens is 306 g/mol. The van der Waals surface area contributed by atoms with Gasteiger partial charge in [0, 0.05) is 13.2 Å². The largest absolute Gasteiger partial charge is 0.491 e. The van der Waals surface area contributed by atoms with Crippen LogP contribution in [-0.2, 0) is 11.3 Å². The molecule has 3 aromatic rings. The Hall–Kier alpha value is -2.67. The van der Waals surface area contributed by atoms with Crippen LogP contribution in [0.15, 0.2) is 36.7 Å². The Morgan fingerprint density at radius 3 is 2.96 bits per heavy atom. The number of fused-ring (bicyclic) bond motifs is 1. The first-order valence-electron chi connectivity index (χ1n) is 7.80. The number of methoxy groups -OCH3 is 1. The molecule has 0 bridgehead atoms. The lowest BCUT2D eigenvalue weighted by Crippen LogP contribution is -2.25. The van der Waals surface area contributed by atoms with Gasteiger partial charge in [0.25, 0.3) is 5.78 Å². The van der Waals surface area contributed by atoms with Crippen LogP contribution in [0.2, 0.25) is 0 Å². The molecule has 0 saturated carbocycles. The van der Waals surface area contributed by atoms with Crippen molar-refractivity contribution in [1.82, 2.24) is 19.6 Å². The van der Waals surface area contributed by atoms with Gasteiger partial charge in [-0.15, -0.1) is 0 Å². The molecular formula is C17H21N5O2. The molecule has 0 spiro atoms. The Bertz CT molecular complexity index is 818. The quantitative estimate of drug-likeness (QED) is 0.718. The highest BCUT2D eigenvalue weighted by Gasteiger charge is 2.11. The lowest BCUT2D eigenvalue weighted by Gasteiger charge is -2.17. The van der Waals surface area contributed by atoms with Crippen molar-refractivity contribution in [3.05, 3.63) is 47.9 Å². The number of ether oxygens (including phenoxy) is 2. The van der Waals surface area contributed by atoms with E-state index in [0.29, 0.717) is 19.0 Å². The number of anilines is 1. The highest BCUT2D eigenvalue weighted by atomic mass is 16.5. The Kier molecular flexibility index (Phi) is 4.90. The van der Waals surface area contributed by atoms with E-state index in [4.69, 9.17) is 9.47 Å². The van der Waals surface area contributed by atoms with Crippen LogP contribution < -0.4 is 10.1 Å². The number of benzene rings is 1. The molecule has 0 radical (unpaired) electrons. The number of aromatic nitrogens is 4. The normalized spacial score (nSPS) is 12.3. The molecule has 7 heteroatoms. The summed E-state index contributed by atoms with van der Waals surface area (Å²) in [7, 11) is 1.64. The van der Waals surface area contributed by atoms with E-state index in [0.717, 1.165) is 17.3 Å². The number of nitrogens with one attached hydrogen (secondary N) is 1. The van der Waals surface area contributed by atoms with Gasteiger partial charge in [0.1, 0.15) is 24.5 Å². The summed E-state index contributed by atoms with van der Waals surface area (Å²) in [6, 6.07) is 10.0. The predicted octanol–water partition coefficient (Wildman–Crippen LogP) is 2.46. The van der Waals surface area contributed by atoms with Gasteiger partial charge in [0.15, 0.2) is 0 Å². The molecule has 0 aliphatic carbocycles. The van der Waals surface area contributed by atoms with Gasteiger partial charge in [-0.2, -0.15) is 14.6 Å². The van der Waals surface area contributed by atoms with Crippen LogP contribution in [0.25, 0.3) is 5.78 Å². The number of nitrogens with zero attached hydrogens (tertiary/aromatic N) is 4. The van der Waals surface area contributed by atoms with E-state index >= 15 is 0 Å². The third-order valence-electron chi connectivity index (χ3n) is 3.48. The molecule has 2 heterocycles. The maximum absolute atomic E-state index is 5.84. The standard InChI is InChI=1S/C17H21N5O2/c1-12-5-4-6-15(7-12)24-9-13(2)20-16-8-14(10-23-3)21-17-18-11-19-22(16)17/h4-8,11,13,20H,9-10H2,1-3H3. The summed E-state index contributed by atoms with van der Waals surface area (Å²) in [5, 5.41) is 7.60. The molecule has 24 heavy (non-hydrogen) atoms.